The molecule has 2 heterocycles. The number of aromatic nitrogens is 3. The van der Waals surface area contributed by atoms with E-state index in [-0.39, 0.29) is 0 Å². The summed E-state index contributed by atoms with van der Waals surface area (Å²) in [6, 6.07) is 10.2. The third kappa shape index (κ3) is 2.28. The van der Waals surface area contributed by atoms with E-state index in [1.807, 2.05) is 30.6 Å². The molecule has 0 saturated carbocycles. The Kier molecular flexibility index (Phi) is 3.43. The topological polar surface area (TPSA) is 62.9 Å². The second-order valence-electron chi connectivity index (χ2n) is 4.92. The lowest BCUT2D eigenvalue weighted by Gasteiger charge is -2.19. The minimum Gasteiger partial charge on any atom is -0.367 e. The van der Waals surface area contributed by atoms with Crippen molar-refractivity contribution in [1.29, 1.82) is 0 Å². The second-order valence-corrected chi connectivity index (χ2v) is 4.92. The molecule has 3 rings (SSSR count). The number of nitrogens with one attached hydrogen (secondary N) is 1. The standard InChI is InChI=1S/C15H19N5/c1-19(11-12-6-8-17-10-12)15-18-13-4-2-3-5-14(13)20(15)9-7-16/h2-6,8,10,17H,7,9,11,16H2,1H3. The summed E-state index contributed by atoms with van der Waals surface area (Å²) in [6.07, 6.45) is 3.94. The molecule has 0 radical (unpaired) electrons. The smallest absolute Gasteiger partial charge is 0.206 e. The van der Waals surface area contributed by atoms with Crippen LogP contribution in [0.25, 0.3) is 11.0 Å². The van der Waals surface area contributed by atoms with Crippen LogP contribution < -0.4 is 10.6 Å². The van der Waals surface area contributed by atoms with E-state index < -0.39 is 0 Å². The third-order valence-corrected chi connectivity index (χ3v) is 3.41. The van der Waals surface area contributed by atoms with Crippen LogP contribution in [-0.2, 0) is 13.1 Å². The molecule has 0 unspecified atom stereocenters. The van der Waals surface area contributed by atoms with Crippen molar-refractivity contribution < 1.29 is 0 Å². The highest BCUT2D eigenvalue weighted by molar-refractivity contribution is 5.78. The summed E-state index contributed by atoms with van der Waals surface area (Å²) in [4.78, 5) is 9.97. The van der Waals surface area contributed by atoms with Gasteiger partial charge in [0.1, 0.15) is 0 Å². The molecule has 0 atom stereocenters. The van der Waals surface area contributed by atoms with E-state index in [1.165, 1.54) is 5.56 Å². The van der Waals surface area contributed by atoms with Crippen LogP contribution in [0.1, 0.15) is 5.56 Å². The molecular formula is C15H19N5. The Morgan fingerprint density at radius 1 is 1.30 bits per heavy atom. The SMILES string of the molecule is CN(Cc1cc[nH]c1)c1nc2ccccc2n1CCN. The summed E-state index contributed by atoms with van der Waals surface area (Å²) in [5, 5.41) is 0. The van der Waals surface area contributed by atoms with Gasteiger partial charge in [0.15, 0.2) is 0 Å². The third-order valence-electron chi connectivity index (χ3n) is 3.41. The number of fused-ring (bicyclic) bond motifs is 1. The van der Waals surface area contributed by atoms with Crippen molar-refractivity contribution in [2.75, 3.05) is 18.5 Å². The van der Waals surface area contributed by atoms with E-state index in [1.54, 1.807) is 0 Å². The Morgan fingerprint density at radius 3 is 2.90 bits per heavy atom. The maximum Gasteiger partial charge on any atom is 0.206 e. The minimum absolute atomic E-state index is 0.603. The van der Waals surface area contributed by atoms with Crippen LogP contribution in [0.2, 0.25) is 0 Å². The van der Waals surface area contributed by atoms with Gasteiger partial charge in [-0.25, -0.2) is 4.98 Å². The number of nitrogens with two attached hydrogens (primary N) is 1. The van der Waals surface area contributed by atoms with Gasteiger partial charge in [-0.15, -0.1) is 0 Å². The van der Waals surface area contributed by atoms with Crippen LogP contribution in [0.15, 0.2) is 42.7 Å². The molecule has 5 nitrogen and oxygen atoms in total. The molecule has 0 bridgehead atoms. The predicted octanol–water partition coefficient (Wildman–Crippen LogP) is 1.96. The van der Waals surface area contributed by atoms with E-state index in [0.29, 0.717) is 6.54 Å². The highest BCUT2D eigenvalue weighted by atomic mass is 15.3. The number of hydrogen-bond donors (Lipinski definition) is 2. The number of benzene rings is 1. The molecule has 0 amide bonds. The largest absolute Gasteiger partial charge is 0.367 e. The second kappa shape index (κ2) is 5.38. The average molecular weight is 269 g/mol. The van der Waals surface area contributed by atoms with Crippen molar-refractivity contribution in [3.8, 4) is 0 Å². The van der Waals surface area contributed by atoms with Gasteiger partial charge < -0.3 is 20.2 Å². The molecule has 5 heteroatoms. The van der Waals surface area contributed by atoms with E-state index in [2.05, 4.69) is 33.6 Å². The van der Waals surface area contributed by atoms with Gasteiger partial charge >= 0.3 is 0 Å². The highest BCUT2D eigenvalue weighted by Crippen LogP contribution is 2.22. The molecule has 0 aliphatic carbocycles. The lowest BCUT2D eigenvalue weighted by Crippen LogP contribution is -2.22. The molecule has 2 aromatic heterocycles. The summed E-state index contributed by atoms with van der Waals surface area (Å²) in [5.41, 5.74) is 9.12. The Labute approximate surface area is 118 Å². The van der Waals surface area contributed by atoms with E-state index in [9.17, 15) is 0 Å². The molecule has 3 aromatic rings. The first-order chi connectivity index (χ1) is 9.79. The fourth-order valence-electron chi connectivity index (χ4n) is 2.51. The lowest BCUT2D eigenvalue weighted by atomic mass is 10.3. The Balaban J connectivity index is 1.98. The van der Waals surface area contributed by atoms with Gasteiger partial charge in [-0.05, 0) is 23.8 Å². The number of anilines is 1. The van der Waals surface area contributed by atoms with Crippen LogP contribution >= 0.6 is 0 Å². The Bertz CT molecular complexity index is 683. The van der Waals surface area contributed by atoms with Crippen LogP contribution in [0.3, 0.4) is 0 Å². The van der Waals surface area contributed by atoms with Crippen molar-refractivity contribution >= 4 is 17.0 Å². The zero-order valence-electron chi connectivity index (χ0n) is 11.6. The van der Waals surface area contributed by atoms with Crippen molar-refractivity contribution in [1.82, 2.24) is 14.5 Å². The Morgan fingerprint density at radius 2 is 2.15 bits per heavy atom. The van der Waals surface area contributed by atoms with Gasteiger partial charge in [0, 0.05) is 39.1 Å². The number of rotatable bonds is 5. The van der Waals surface area contributed by atoms with E-state index in [4.69, 9.17) is 10.7 Å². The van der Waals surface area contributed by atoms with Gasteiger partial charge in [-0.3, -0.25) is 0 Å². The maximum absolute atomic E-state index is 5.74. The zero-order valence-corrected chi connectivity index (χ0v) is 11.6. The number of para-hydroxylation sites is 2. The van der Waals surface area contributed by atoms with Crippen molar-refractivity contribution in [3.05, 3.63) is 48.3 Å². The van der Waals surface area contributed by atoms with Gasteiger partial charge in [-0.2, -0.15) is 0 Å². The highest BCUT2D eigenvalue weighted by Gasteiger charge is 2.13. The zero-order chi connectivity index (χ0) is 13.9. The lowest BCUT2D eigenvalue weighted by molar-refractivity contribution is 0.703. The fourth-order valence-corrected chi connectivity index (χ4v) is 2.51. The molecule has 0 spiro atoms. The fraction of sp³-hybridized carbons (Fsp3) is 0.267. The quantitative estimate of drug-likeness (QED) is 0.744. The minimum atomic E-state index is 0.603. The van der Waals surface area contributed by atoms with Crippen LogP contribution in [0, 0.1) is 0 Å². The average Bonchev–Trinajstić information content (AvgIpc) is 3.07. The van der Waals surface area contributed by atoms with Crippen LogP contribution in [0.5, 0.6) is 0 Å². The summed E-state index contributed by atoms with van der Waals surface area (Å²) in [5.74, 6) is 0.956. The molecule has 104 valence electrons. The van der Waals surface area contributed by atoms with Crippen molar-refractivity contribution in [3.63, 3.8) is 0 Å². The van der Waals surface area contributed by atoms with Gasteiger partial charge in [-0.1, -0.05) is 12.1 Å². The molecule has 0 aliphatic rings. The maximum atomic E-state index is 5.74. The van der Waals surface area contributed by atoms with Crippen LogP contribution in [-0.4, -0.2) is 28.1 Å². The molecule has 1 aromatic carbocycles. The van der Waals surface area contributed by atoms with Gasteiger partial charge in [0.2, 0.25) is 5.95 Å². The summed E-state index contributed by atoms with van der Waals surface area (Å²) < 4.78 is 2.18. The number of hydrogen-bond acceptors (Lipinski definition) is 3. The Hall–Kier alpha value is -2.27. The molecular weight excluding hydrogens is 250 g/mol. The molecule has 0 aliphatic heterocycles. The summed E-state index contributed by atoms with van der Waals surface area (Å²) in [7, 11) is 2.06. The molecule has 0 saturated heterocycles. The molecule has 3 N–H and O–H groups in total. The number of aromatic amines is 1. The number of imidazole rings is 1. The first kappa shape index (κ1) is 12.7. The number of H-pyrrole nitrogens is 1. The number of nitrogens with zero attached hydrogens (tertiary/aromatic N) is 3. The van der Waals surface area contributed by atoms with Gasteiger partial charge in [0.25, 0.3) is 0 Å². The predicted molar refractivity (Wildman–Crippen MR) is 81.7 cm³/mol. The van der Waals surface area contributed by atoms with Crippen molar-refractivity contribution in [2.45, 2.75) is 13.1 Å². The normalized spacial score (nSPS) is 11.1. The van der Waals surface area contributed by atoms with Gasteiger partial charge in [0.05, 0.1) is 11.0 Å². The monoisotopic (exact) mass is 269 g/mol. The first-order valence-corrected chi connectivity index (χ1v) is 6.77. The first-order valence-electron chi connectivity index (χ1n) is 6.77. The molecule has 0 fully saturated rings. The van der Waals surface area contributed by atoms with Crippen LogP contribution in [0.4, 0.5) is 5.95 Å². The van der Waals surface area contributed by atoms with E-state index in [0.717, 1.165) is 30.1 Å². The van der Waals surface area contributed by atoms with E-state index >= 15 is 0 Å². The van der Waals surface area contributed by atoms with Crippen molar-refractivity contribution in [2.24, 2.45) is 5.73 Å². The summed E-state index contributed by atoms with van der Waals surface area (Å²) in [6.45, 7) is 2.19. The summed E-state index contributed by atoms with van der Waals surface area (Å²) >= 11 is 0. The molecule has 20 heavy (non-hydrogen) atoms.